The van der Waals surface area contributed by atoms with Crippen molar-refractivity contribution < 1.29 is 0 Å². The average molecular weight is 135 g/mol. The van der Waals surface area contributed by atoms with Gasteiger partial charge in [-0.2, -0.15) is 0 Å². The van der Waals surface area contributed by atoms with Crippen LogP contribution in [0, 0.1) is 0 Å². The van der Waals surface area contributed by atoms with Gasteiger partial charge in [0.2, 0.25) is 0 Å². The van der Waals surface area contributed by atoms with Gasteiger partial charge in [-0.05, 0) is 6.42 Å². The average Bonchev–Trinajstić information content (AvgIpc) is 1.84. The maximum Gasteiger partial charge on any atom is 0.0613 e. The predicted octanol–water partition coefficient (Wildman–Crippen LogP) is 2.26. The Morgan fingerprint density at radius 2 is 2.14 bits per heavy atom. The van der Waals surface area contributed by atoms with E-state index in [0.29, 0.717) is 0 Å². The van der Waals surface area contributed by atoms with Crippen molar-refractivity contribution in [3.8, 4) is 0 Å². The lowest BCUT2D eigenvalue weighted by molar-refractivity contribution is 1.13. The Morgan fingerprint density at radius 3 is 2.29 bits per heavy atom. The monoisotopic (exact) mass is 135 g/mol. The van der Waals surface area contributed by atoms with Crippen molar-refractivity contribution in [2.75, 3.05) is 25.7 Å². The molecule has 0 aliphatic carbocycles. The van der Waals surface area contributed by atoms with Crippen LogP contribution in [0.1, 0.15) is 6.42 Å². The van der Waals surface area contributed by atoms with E-state index >= 15 is 0 Å². The fourth-order valence-corrected chi connectivity index (χ4v) is 6.52. The SMILES string of the molecule is C[P+]1(C)CCCP1. The van der Waals surface area contributed by atoms with Gasteiger partial charge in [-0.25, -0.2) is 0 Å². The van der Waals surface area contributed by atoms with Gasteiger partial charge < -0.3 is 0 Å². The van der Waals surface area contributed by atoms with Crippen LogP contribution in [0.3, 0.4) is 0 Å². The molecule has 0 radical (unpaired) electrons. The molecule has 0 N–H and O–H groups in total. The summed E-state index contributed by atoms with van der Waals surface area (Å²) in [5.74, 6) is 0. The Bertz CT molecular complexity index is 60.5. The molecule has 1 heterocycles. The maximum atomic E-state index is 2.48. The van der Waals surface area contributed by atoms with Crippen LogP contribution >= 0.6 is 15.2 Å². The van der Waals surface area contributed by atoms with E-state index in [1.54, 1.807) is 12.3 Å². The van der Waals surface area contributed by atoms with E-state index in [-0.39, 0.29) is 6.95 Å². The summed E-state index contributed by atoms with van der Waals surface area (Å²) in [6.45, 7) is 4.70. The van der Waals surface area contributed by atoms with Crippen molar-refractivity contribution in [2.45, 2.75) is 6.42 Å². The van der Waals surface area contributed by atoms with Gasteiger partial charge in [0.1, 0.15) is 0 Å². The molecule has 0 nitrogen and oxygen atoms in total. The predicted molar refractivity (Wildman–Crippen MR) is 41.4 cm³/mol. The lowest BCUT2D eigenvalue weighted by Crippen LogP contribution is -1.77. The first kappa shape index (κ1) is 5.99. The van der Waals surface area contributed by atoms with Gasteiger partial charge in [-0.15, -0.1) is 0 Å². The minimum atomic E-state index is -0.265. The zero-order valence-corrected chi connectivity index (χ0v) is 6.96. The maximum absolute atomic E-state index is 2.48. The molecule has 0 aromatic heterocycles. The topological polar surface area (TPSA) is 0 Å². The molecular weight excluding hydrogens is 122 g/mol. The van der Waals surface area contributed by atoms with Crippen LogP contribution < -0.4 is 0 Å². The van der Waals surface area contributed by atoms with Crippen molar-refractivity contribution in [2.24, 2.45) is 0 Å². The van der Waals surface area contributed by atoms with Gasteiger partial charge in [-0.1, -0.05) is 0 Å². The van der Waals surface area contributed by atoms with E-state index in [4.69, 9.17) is 0 Å². The summed E-state index contributed by atoms with van der Waals surface area (Å²) in [6, 6.07) is 0. The molecule has 7 heavy (non-hydrogen) atoms. The van der Waals surface area contributed by atoms with E-state index in [9.17, 15) is 0 Å². The lowest BCUT2D eigenvalue weighted by atomic mass is 10.6. The van der Waals surface area contributed by atoms with Crippen LogP contribution in [0.4, 0.5) is 0 Å². The Morgan fingerprint density at radius 1 is 1.43 bits per heavy atom. The minimum absolute atomic E-state index is 0.265. The molecule has 1 atom stereocenters. The molecular formula is C5H13P2+. The van der Waals surface area contributed by atoms with E-state index in [0.717, 1.165) is 0 Å². The van der Waals surface area contributed by atoms with E-state index in [2.05, 4.69) is 13.3 Å². The highest BCUT2D eigenvalue weighted by molar-refractivity contribution is 8.31. The van der Waals surface area contributed by atoms with Gasteiger partial charge in [0.05, 0.1) is 19.5 Å². The second-order valence-corrected chi connectivity index (χ2v) is 11.9. The van der Waals surface area contributed by atoms with Crippen molar-refractivity contribution >= 4 is 15.2 Å². The molecule has 0 spiro atoms. The normalized spacial score (nSPS) is 31.7. The summed E-state index contributed by atoms with van der Waals surface area (Å²) in [7, 11) is 1.35. The third-order valence-electron chi connectivity index (χ3n) is 1.43. The number of rotatable bonds is 0. The Hall–Kier alpha value is 0.860. The zero-order valence-electron chi connectivity index (χ0n) is 5.07. The highest BCUT2D eigenvalue weighted by Crippen LogP contribution is 2.72. The molecule has 0 aromatic carbocycles. The van der Waals surface area contributed by atoms with Crippen molar-refractivity contribution in [1.82, 2.24) is 0 Å². The van der Waals surface area contributed by atoms with E-state index < -0.39 is 0 Å². The van der Waals surface area contributed by atoms with Crippen molar-refractivity contribution in [1.29, 1.82) is 0 Å². The third kappa shape index (κ3) is 1.67. The van der Waals surface area contributed by atoms with Crippen LogP contribution in [-0.2, 0) is 0 Å². The Balaban J connectivity index is 2.40. The first-order chi connectivity index (χ1) is 3.21. The lowest BCUT2D eigenvalue weighted by Gasteiger charge is -2.05. The third-order valence-corrected chi connectivity index (χ3v) is 8.21. The Labute approximate surface area is 48.1 Å². The van der Waals surface area contributed by atoms with Crippen LogP contribution in [0.15, 0.2) is 0 Å². The highest BCUT2D eigenvalue weighted by Gasteiger charge is 2.29. The van der Waals surface area contributed by atoms with Crippen LogP contribution in [-0.4, -0.2) is 25.7 Å². The molecule has 0 amide bonds. The van der Waals surface area contributed by atoms with E-state index in [1.807, 2.05) is 0 Å². The molecule has 1 fully saturated rings. The molecule has 1 unspecified atom stereocenters. The summed E-state index contributed by atoms with van der Waals surface area (Å²) < 4.78 is 0. The molecule has 0 saturated carbocycles. The van der Waals surface area contributed by atoms with Crippen LogP contribution in [0.25, 0.3) is 0 Å². The van der Waals surface area contributed by atoms with Crippen LogP contribution in [0.2, 0.25) is 0 Å². The first-order valence-corrected chi connectivity index (χ1v) is 7.71. The zero-order chi connectivity index (χ0) is 5.33. The Kier molecular flexibility index (Phi) is 1.71. The smallest absolute Gasteiger partial charge is 0.0120 e. The molecule has 0 bridgehead atoms. The molecule has 0 aromatic rings. The molecule has 42 valence electrons. The summed E-state index contributed by atoms with van der Waals surface area (Å²) in [4.78, 5) is 0. The molecule has 2 heteroatoms. The molecule has 1 saturated heterocycles. The number of hydrogen-bond acceptors (Lipinski definition) is 0. The second-order valence-electron chi connectivity index (χ2n) is 2.67. The fraction of sp³-hybridized carbons (Fsp3) is 1.00. The van der Waals surface area contributed by atoms with Gasteiger partial charge >= 0.3 is 0 Å². The molecule has 1 rings (SSSR count). The largest absolute Gasteiger partial charge is 0.0613 e. The summed E-state index contributed by atoms with van der Waals surface area (Å²) in [6.07, 6.45) is 4.64. The summed E-state index contributed by atoms with van der Waals surface area (Å²) in [5, 5.41) is 0. The second kappa shape index (κ2) is 2.00. The van der Waals surface area contributed by atoms with Crippen LogP contribution in [0.5, 0.6) is 0 Å². The quantitative estimate of drug-likeness (QED) is 0.447. The standard InChI is InChI=1S/C5H13P2/c1-7(2)5-3-4-6-7/h6H,3-5H2,1-2H3/q+1. The van der Waals surface area contributed by atoms with E-state index in [1.165, 1.54) is 14.7 Å². The van der Waals surface area contributed by atoms with Crippen molar-refractivity contribution in [3.05, 3.63) is 0 Å². The van der Waals surface area contributed by atoms with Gasteiger partial charge in [0.15, 0.2) is 0 Å². The minimum Gasteiger partial charge on any atom is -0.0120 e. The summed E-state index contributed by atoms with van der Waals surface area (Å²) in [5.41, 5.74) is 0. The molecule has 1 aliphatic rings. The van der Waals surface area contributed by atoms with Gasteiger partial charge in [0.25, 0.3) is 0 Å². The first-order valence-electron chi connectivity index (χ1n) is 2.79. The van der Waals surface area contributed by atoms with Gasteiger partial charge in [-0.3, -0.25) is 0 Å². The van der Waals surface area contributed by atoms with Crippen molar-refractivity contribution in [3.63, 3.8) is 0 Å². The van der Waals surface area contributed by atoms with Gasteiger partial charge in [0, 0.05) is 21.4 Å². The highest BCUT2D eigenvalue weighted by atomic mass is 32.1. The molecule has 1 aliphatic heterocycles. The summed E-state index contributed by atoms with van der Waals surface area (Å²) >= 11 is 0. The number of hydrogen-bond donors (Lipinski definition) is 0. The fourth-order valence-electron chi connectivity index (χ4n) is 0.935.